The molecule has 1 rings (SSSR count). The maximum atomic E-state index is 11.2. The number of benzene rings is 1. The van der Waals surface area contributed by atoms with Gasteiger partial charge in [-0.3, -0.25) is 4.55 Å². The standard InChI is InChI=1S/C21H37NO4S/c1-3-4-5-6-7-8-9-19-10-12-20(13-11-19)14-15-21(22,17-23)16-18(2)27(24,25)26/h10-13,18,23H,3-9,14-17,22H2,1-2H3,(H,24,25,26). The molecule has 0 bridgehead atoms. The molecule has 0 saturated carbocycles. The fourth-order valence-electron chi connectivity index (χ4n) is 3.30. The summed E-state index contributed by atoms with van der Waals surface area (Å²) >= 11 is 0. The molecule has 0 saturated heterocycles. The summed E-state index contributed by atoms with van der Waals surface area (Å²) in [6.07, 6.45) is 9.98. The summed E-state index contributed by atoms with van der Waals surface area (Å²) in [5.41, 5.74) is 7.59. The number of hydrogen-bond acceptors (Lipinski definition) is 4. The van der Waals surface area contributed by atoms with Crippen LogP contribution in [0.2, 0.25) is 0 Å². The summed E-state index contributed by atoms with van der Waals surface area (Å²) in [7, 11) is -4.14. The molecule has 0 spiro atoms. The van der Waals surface area contributed by atoms with Crippen molar-refractivity contribution < 1.29 is 18.1 Å². The van der Waals surface area contributed by atoms with Crippen molar-refractivity contribution in [3.05, 3.63) is 35.4 Å². The minimum absolute atomic E-state index is 0.0262. The van der Waals surface area contributed by atoms with Gasteiger partial charge in [0, 0.05) is 5.54 Å². The van der Waals surface area contributed by atoms with Crippen LogP contribution in [0, 0.1) is 0 Å². The van der Waals surface area contributed by atoms with Crippen molar-refractivity contribution in [2.45, 2.75) is 88.8 Å². The third-order valence-corrected chi connectivity index (χ3v) is 6.45. The van der Waals surface area contributed by atoms with Crippen LogP contribution in [0.1, 0.15) is 76.3 Å². The summed E-state index contributed by atoms with van der Waals surface area (Å²) in [6, 6.07) is 8.44. The molecule has 2 atom stereocenters. The number of aliphatic hydroxyl groups is 1. The summed E-state index contributed by atoms with van der Waals surface area (Å²) in [5.74, 6) is 0. The summed E-state index contributed by atoms with van der Waals surface area (Å²) in [5, 5.41) is 8.60. The molecule has 4 N–H and O–H groups in total. The van der Waals surface area contributed by atoms with Crippen LogP contribution in [0.5, 0.6) is 0 Å². The van der Waals surface area contributed by atoms with Crippen molar-refractivity contribution in [2.75, 3.05) is 6.61 Å². The van der Waals surface area contributed by atoms with Crippen molar-refractivity contribution >= 4 is 10.1 Å². The van der Waals surface area contributed by atoms with Gasteiger partial charge >= 0.3 is 0 Å². The monoisotopic (exact) mass is 399 g/mol. The van der Waals surface area contributed by atoms with Crippen LogP contribution < -0.4 is 5.73 Å². The van der Waals surface area contributed by atoms with Crippen LogP contribution in [-0.2, 0) is 23.0 Å². The molecule has 0 fully saturated rings. The number of aryl methyl sites for hydroxylation is 2. The molecular formula is C21H37NO4S. The maximum Gasteiger partial charge on any atom is 0.267 e. The Balaban J connectivity index is 2.45. The van der Waals surface area contributed by atoms with Gasteiger partial charge in [0.2, 0.25) is 0 Å². The lowest BCUT2D eigenvalue weighted by Crippen LogP contribution is -2.47. The van der Waals surface area contributed by atoms with Crippen LogP contribution in [0.3, 0.4) is 0 Å². The highest BCUT2D eigenvalue weighted by atomic mass is 32.2. The van der Waals surface area contributed by atoms with Gasteiger partial charge in [-0.2, -0.15) is 8.42 Å². The second-order valence-electron chi connectivity index (χ2n) is 7.88. The Morgan fingerprint density at radius 3 is 2.04 bits per heavy atom. The average molecular weight is 400 g/mol. The number of aliphatic hydroxyl groups excluding tert-OH is 1. The molecule has 0 aliphatic rings. The minimum atomic E-state index is -4.14. The SMILES string of the molecule is CCCCCCCCc1ccc(CCC(N)(CO)CC(C)S(=O)(=O)O)cc1. The molecule has 0 aliphatic heterocycles. The molecule has 27 heavy (non-hydrogen) atoms. The van der Waals surface area contributed by atoms with Gasteiger partial charge in [0.1, 0.15) is 0 Å². The van der Waals surface area contributed by atoms with Gasteiger partial charge in [-0.1, -0.05) is 63.3 Å². The first-order chi connectivity index (χ1) is 12.7. The Morgan fingerprint density at radius 1 is 1.00 bits per heavy atom. The van der Waals surface area contributed by atoms with E-state index in [-0.39, 0.29) is 13.0 Å². The average Bonchev–Trinajstić information content (AvgIpc) is 2.63. The van der Waals surface area contributed by atoms with Gasteiger partial charge in [0.05, 0.1) is 11.9 Å². The van der Waals surface area contributed by atoms with E-state index in [2.05, 4.69) is 31.2 Å². The summed E-state index contributed by atoms with van der Waals surface area (Å²) in [6.45, 7) is 3.32. The quantitative estimate of drug-likeness (QED) is 0.325. The van der Waals surface area contributed by atoms with E-state index in [4.69, 9.17) is 10.3 Å². The van der Waals surface area contributed by atoms with E-state index >= 15 is 0 Å². The molecule has 0 aliphatic carbocycles. The van der Waals surface area contributed by atoms with E-state index in [1.807, 2.05) is 0 Å². The fraction of sp³-hybridized carbons (Fsp3) is 0.714. The number of unbranched alkanes of at least 4 members (excludes halogenated alkanes) is 5. The molecule has 5 nitrogen and oxygen atoms in total. The Morgan fingerprint density at radius 2 is 1.52 bits per heavy atom. The van der Waals surface area contributed by atoms with Crippen molar-refractivity contribution in [2.24, 2.45) is 5.73 Å². The van der Waals surface area contributed by atoms with E-state index in [0.29, 0.717) is 12.8 Å². The first kappa shape index (κ1) is 24.1. The lowest BCUT2D eigenvalue weighted by molar-refractivity contribution is 0.177. The Bertz CT molecular complexity index is 630. The molecule has 0 aromatic heterocycles. The molecule has 0 radical (unpaired) electrons. The molecular weight excluding hydrogens is 362 g/mol. The smallest absolute Gasteiger partial charge is 0.267 e. The maximum absolute atomic E-state index is 11.2. The van der Waals surface area contributed by atoms with Gasteiger partial charge in [-0.15, -0.1) is 0 Å². The van der Waals surface area contributed by atoms with E-state index in [1.54, 1.807) is 0 Å². The van der Waals surface area contributed by atoms with Gasteiger partial charge in [0.25, 0.3) is 10.1 Å². The molecule has 6 heteroatoms. The molecule has 0 amide bonds. The van der Waals surface area contributed by atoms with Gasteiger partial charge in [-0.05, 0) is 50.2 Å². The fourth-order valence-corrected chi connectivity index (χ4v) is 3.84. The van der Waals surface area contributed by atoms with Crippen LogP contribution in [0.4, 0.5) is 0 Å². The minimum Gasteiger partial charge on any atom is -0.394 e. The zero-order chi connectivity index (χ0) is 20.3. The highest BCUT2D eigenvalue weighted by Gasteiger charge is 2.31. The van der Waals surface area contributed by atoms with Crippen molar-refractivity contribution in [1.29, 1.82) is 0 Å². The van der Waals surface area contributed by atoms with Crippen molar-refractivity contribution in [3.63, 3.8) is 0 Å². The zero-order valence-electron chi connectivity index (χ0n) is 16.9. The second kappa shape index (κ2) is 11.8. The Kier molecular flexibility index (Phi) is 10.5. The van der Waals surface area contributed by atoms with E-state index in [0.717, 1.165) is 12.0 Å². The normalized spacial score (nSPS) is 15.4. The summed E-state index contributed by atoms with van der Waals surface area (Å²) in [4.78, 5) is 0. The predicted octanol–water partition coefficient (Wildman–Crippen LogP) is 3.88. The lowest BCUT2D eigenvalue weighted by Gasteiger charge is -2.29. The topological polar surface area (TPSA) is 101 Å². The zero-order valence-corrected chi connectivity index (χ0v) is 17.7. The van der Waals surface area contributed by atoms with E-state index < -0.39 is 20.9 Å². The first-order valence-corrected chi connectivity index (χ1v) is 11.6. The third-order valence-electron chi connectivity index (χ3n) is 5.27. The Hall–Kier alpha value is -0.950. The number of nitrogens with two attached hydrogens (primary N) is 1. The Labute approximate surface area is 165 Å². The van der Waals surface area contributed by atoms with Crippen molar-refractivity contribution in [3.8, 4) is 0 Å². The first-order valence-electron chi connectivity index (χ1n) is 10.1. The number of rotatable bonds is 14. The van der Waals surface area contributed by atoms with Gasteiger partial charge in [0.15, 0.2) is 0 Å². The molecule has 156 valence electrons. The largest absolute Gasteiger partial charge is 0.394 e. The lowest BCUT2D eigenvalue weighted by atomic mass is 9.88. The van der Waals surface area contributed by atoms with Crippen LogP contribution in [-0.4, -0.2) is 35.5 Å². The summed E-state index contributed by atoms with van der Waals surface area (Å²) < 4.78 is 31.6. The van der Waals surface area contributed by atoms with Gasteiger partial charge < -0.3 is 10.8 Å². The predicted molar refractivity (Wildman–Crippen MR) is 111 cm³/mol. The molecule has 0 heterocycles. The molecule has 2 unspecified atom stereocenters. The van der Waals surface area contributed by atoms with E-state index in [9.17, 15) is 13.5 Å². The number of hydrogen-bond donors (Lipinski definition) is 3. The second-order valence-corrected chi connectivity index (χ2v) is 9.72. The molecule has 1 aromatic carbocycles. The van der Waals surface area contributed by atoms with Crippen LogP contribution in [0.25, 0.3) is 0 Å². The van der Waals surface area contributed by atoms with Crippen LogP contribution in [0.15, 0.2) is 24.3 Å². The van der Waals surface area contributed by atoms with Gasteiger partial charge in [-0.25, -0.2) is 0 Å². The van der Waals surface area contributed by atoms with E-state index in [1.165, 1.54) is 51.0 Å². The molecule has 1 aromatic rings. The third kappa shape index (κ3) is 9.70. The van der Waals surface area contributed by atoms with Crippen molar-refractivity contribution in [1.82, 2.24) is 0 Å². The highest BCUT2D eigenvalue weighted by Crippen LogP contribution is 2.21. The highest BCUT2D eigenvalue weighted by molar-refractivity contribution is 7.86. The van der Waals surface area contributed by atoms with Crippen LogP contribution >= 0.6 is 0 Å².